The van der Waals surface area contributed by atoms with Crippen molar-refractivity contribution in [3.05, 3.63) is 59.2 Å². The standard InChI is InChI=1S/C18H20F2N4S/c1-13-9-15(19)5-7-17(13)21-11-23(3)25-24(4)12-22-18-8-6-16(20)10-14(18)2/h5-12H,1-4H3/b21-11-,22-12-. The van der Waals surface area contributed by atoms with Crippen molar-refractivity contribution < 1.29 is 8.78 Å². The second-order valence-corrected chi connectivity index (χ2v) is 6.84. The van der Waals surface area contributed by atoms with Gasteiger partial charge >= 0.3 is 0 Å². The highest BCUT2D eigenvalue weighted by Crippen LogP contribution is 2.21. The minimum Gasteiger partial charge on any atom is -0.292 e. The molecule has 0 spiro atoms. The van der Waals surface area contributed by atoms with Crippen LogP contribution >= 0.6 is 12.1 Å². The Morgan fingerprint density at radius 2 is 1.20 bits per heavy atom. The highest BCUT2D eigenvalue weighted by Gasteiger charge is 2.02. The Balaban J connectivity index is 1.94. The van der Waals surface area contributed by atoms with Crippen molar-refractivity contribution in [2.45, 2.75) is 13.8 Å². The van der Waals surface area contributed by atoms with Crippen LogP contribution in [-0.2, 0) is 0 Å². The van der Waals surface area contributed by atoms with Crippen molar-refractivity contribution in [3.8, 4) is 0 Å². The summed E-state index contributed by atoms with van der Waals surface area (Å²) in [6.45, 7) is 3.62. The van der Waals surface area contributed by atoms with Crippen LogP contribution in [0.5, 0.6) is 0 Å². The first-order valence-corrected chi connectivity index (χ1v) is 8.32. The van der Waals surface area contributed by atoms with E-state index in [2.05, 4.69) is 9.98 Å². The fraction of sp³-hybridized carbons (Fsp3) is 0.222. The Bertz CT molecular complexity index is 727. The predicted octanol–water partition coefficient (Wildman–Crippen LogP) is 5.03. The number of hydrogen-bond donors (Lipinski definition) is 0. The normalized spacial score (nSPS) is 11.4. The van der Waals surface area contributed by atoms with Gasteiger partial charge in [0, 0.05) is 14.1 Å². The van der Waals surface area contributed by atoms with Crippen molar-refractivity contribution in [1.29, 1.82) is 0 Å². The molecular formula is C18H20F2N4S. The lowest BCUT2D eigenvalue weighted by Crippen LogP contribution is -2.16. The first-order valence-electron chi connectivity index (χ1n) is 7.59. The lowest BCUT2D eigenvalue weighted by atomic mass is 10.2. The molecule has 0 N–H and O–H groups in total. The lowest BCUT2D eigenvalue weighted by Gasteiger charge is -2.18. The molecule has 0 bridgehead atoms. The van der Waals surface area contributed by atoms with Crippen LogP contribution in [0, 0.1) is 25.5 Å². The minimum absolute atomic E-state index is 0.272. The topological polar surface area (TPSA) is 31.2 Å². The van der Waals surface area contributed by atoms with Crippen LogP contribution in [-0.4, -0.2) is 35.4 Å². The smallest absolute Gasteiger partial charge is 0.123 e. The summed E-state index contributed by atoms with van der Waals surface area (Å²) in [5.74, 6) is -0.544. The molecule has 132 valence electrons. The van der Waals surface area contributed by atoms with Gasteiger partial charge in [-0.3, -0.25) is 8.61 Å². The summed E-state index contributed by atoms with van der Waals surface area (Å²) in [4.78, 5) is 8.69. The number of aliphatic imine (C=N–C) groups is 2. The van der Waals surface area contributed by atoms with Gasteiger partial charge in [-0.25, -0.2) is 18.8 Å². The molecule has 2 aromatic rings. The van der Waals surface area contributed by atoms with E-state index >= 15 is 0 Å². The van der Waals surface area contributed by atoms with Gasteiger partial charge in [-0.1, -0.05) is 0 Å². The Labute approximate surface area is 151 Å². The van der Waals surface area contributed by atoms with E-state index in [-0.39, 0.29) is 11.6 Å². The SMILES string of the molecule is Cc1cc(F)ccc1/N=C\N(C)SN(C)/C=N\c1ccc(F)cc1C. The van der Waals surface area contributed by atoms with Crippen molar-refractivity contribution >= 4 is 36.2 Å². The van der Waals surface area contributed by atoms with Crippen molar-refractivity contribution in [2.24, 2.45) is 9.98 Å². The van der Waals surface area contributed by atoms with E-state index in [4.69, 9.17) is 0 Å². The fourth-order valence-corrected chi connectivity index (χ4v) is 2.64. The van der Waals surface area contributed by atoms with E-state index in [9.17, 15) is 8.78 Å². The van der Waals surface area contributed by atoms with Gasteiger partial charge in [-0.05, 0) is 61.4 Å². The highest BCUT2D eigenvalue weighted by atomic mass is 32.2. The van der Waals surface area contributed by atoms with Crippen molar-refractivity contribution in [1.82, 2.24) is 8.61 Å². The van der Waals surface area contributed by atoms with Gasteiger partial charge in [0.1, 0.15) is 24.3 Å². The van der Waals surface area contributed by atoms with Crippen molar-refractivity contribution in [3.63, 3.8) is 0 Å². The molecular weight excluding hydrogens is 342 g/mol. The Morgan fingerprint density at radius 3 is 1.56 bits per heavy atom. The molecule has 0 aliphatic carbocycles. The van der Waals surface area contributed by atoms with Crippen LogP contribution < -0.4 is 0 Å². The molecule has 7 heteroatoms. The molecule has 0 aliphatic heterocycles. The van der Waals surface area contributed by atoms with E-state index in [1.54, 1.807) is 33.4 Å². The first-order chi connectivity index (χ1) is 11.8. The predicted molar refractivity (Wildman–Crippen MR) is 102 cm³/mol. The lowest BCUT2D eigenvalue weighted by molar-refractivity contribution is 0.626. The van der Waals surface area contributed by atoms with Gasteiger partial charge in [-0.2, -0.15) is 0 Å². The van der Waals surface area contributed by atoms with E-state index in [1.165, 1.54) is 36.4 Å². The number of rotatable bonds is 6. The third kappa shape index (κ3) is 5.86. The van der Waals surface area contributed by atoms with Gasteiger partial charge in [0.25, 0.3) is 0 Å². The number of aryl methyl sites for hydroxylation is 2. The van der Waals surface area contributed by atoms with E-state index in [1.807, 2.05) is 27.9 Å². The van der Waals surface area contributed by atoms with Crippen LogP contribution in [0.1, 0.15) is 11.1 Å². The minimum atomic E-state index is -0.272. The molecule has 0 saturated heterocycles. The fourth-order valence-electron chi connectivity index (χ4n) is 2.06. The van der Waals surface area contributed by atoms with Crippen LogP contribution in [0.3, 0.4) is 0 Å². The summed E-state index contributed by atoms with van der Waals surface area (Å²) in [5, 5.41) is 0. The molecule has 0 aliphatic rings. The van der Waals surface area contributed by atoms with Crippen LogP contribution in [0.2, 0.25) is 0 Å². The molecule has 25 heavy (non-hydrogen) atoms. The number of nitrogens with zero attached hydrogens (tertiary/aromatic N) is 4. The highest BCUT2D eigenvalue weighted by molar-refractivity contribution is 7.95. The Morgan fingerprint density at radius 1 is 0.800 bits per heavy atom. The molecule has 0 aromatic heterocycles. The molecule has 0 heterocycles. The molecule has 0 radical (unpaired) electrons. The Kier molecular flexibility index (Phi) is 6.52. The van der Waals surface area contributed by atoms with E-state index in [0.29, 0.717) is 11.4 Å². The molecule has 0 unspecified atom stereocenters. The molecule has 0 fully saturated rings. The van der Waals surface area contributed by atoms with Crippen LogP contribution in [0.25, 0.3) is 0 Å². The second-order valence-electron chi connectivity index (χ2n) is 5.52. The summed E-state index contributed by atoms with van der Waals surface area (Å²) in [5.41, 5.74) is 2.98. The summed E-state index contributed by atoms with van der Waals surface area (Å²) < 4.78 is 29.8. The average molecular weight is 362 g/mol. The number of hydrogen-bond acceptors (Lipinski definition) is 3. The van der Waals surface area contributed by atoms with Gasteiger partial charge in [0.2, 0.25) is 0 Å². The molecule has 0 saturated carbocycles. The van der Waals surface area contributed by atoms with Gasteiger partial charge in [-0.15, -0.1) is 0 Å². The molecule has 4 nitrogen and oxygen atoms in total. The van der Waals surface area contributed by atoms with Crippen LogP contribution in [0.15, 0.2) is 46.4 Å². The van der Waals surface area contributed by atoms with E-state index in [0.717, 1.165) is 11.1 Å². The van der Waals surface area contributed by atoms with Gasteiger partial charge < -0.3 is 0 Å². The summed E-state index contributed by atoms with van der Waals surface area (Å²) in [7, 11) is 3.70. The maximum atomic E-state index is 13.1. The number of benzene rings is 2. The zero-order chi connectivity index (χ0) is 18.4. The quantitative estimate of drug-likeness (QED) is 0.410. The third-order valence-corrected chi connectivity index (χ3v) is 4.00. The van der Waals surface area contributed by atoms with Gasteiger partial charge in [0.15, 0.2) is 0 Å². The molecule has 2 rings (SSSR count). The van der Waals surface area contributed by atoms with E-state index < -0.39 is 0 Å². The Hall–Kier alpha value is -2.41. The summed E-state index contributed by atoms with van der Waals surface area (Å²) in [6.07, 6.45) is 3.30. The average Bonchev–Trinajstić information content (AvgIpc) is 2.53. The number of halogens is 2. The van der Waals surface area contributed by atoms with Gasteiger partial charge in [0.05, 0.1) is 23.5 Å². The monoisotopic (exact) mass is 362 g/mol. The molecule has 0 amide bonds. The van der Waals surface area contributed by atoms with Crippen LogP contribution in [0.4, 0.5) is 20.2 Å². The van der Waals surface area contributed by atoms with Crippen molar-refractivity contribution in [2.75, 3.05) is 14.1 Å². The second kappa shape index (κ2) is 8.62. The first kappa shape index (κ1) is 18.9. The maximum Gasteiger partial charge on any atom is 0.123 e. The molecule has 0 atom stereocenters. The summed E-state index contributed by atoms with van der Waals surface area (Å²) in [6, 6.07) is 8.95. The zero-order valence-electron chi connectivity index (χ0n) is 14.6. The molecule has 2 aromatic carbocycles. The third-order valence-electron chi connectivity index (χ3n) is 3.29. The summed E-state index contributed by atoms with van der Waals surface area (Å²) >= 11 is 1.38. The zero-order valence-corrected chi connectivity index (χ0v) is 15.4. The largest absolute Gasteiger partial charge is 0.292 e. The maximum absolute atomic E-state index is 13.1.